The van der Waals surface area contributed by atoms with Gasteiger partial charge in [-0.1, -0.05) is 12.1 Å². The third-order valence-electron chi connectivity index (χ3n) is 3.27. The molecule has 0 fully saturated rings. The van der Waals surface area contributed by atoms with Crippen LogP contribution < -0.4 is 4.74 Å². The molecular weight excluding hydrogens is 353 g/mol. The molecule has 0 atom stereocenters. The smallest absolute Gasteiger partial charge is 0.364 e. The van der Waals surface area contributed by atoms with E-state index in [-0.39, 0.29) is 35.4 Å². The zero-order valence-corrected chi connectivity index (χ0v) is 14.1. The largest absolute Gasteiger partial charge is 0.461 e. The molecule has 3 aromatic rings. The van der Waals surface area contributed by atoms with Crippen molar-refractivity contribution in [2.45, 2.75) is 6.92 Å². The Hall–Kier alpha value is -3.93. The number of benzene rings is 1. The molecule has 0 aliphatic heterocycles. The van der Waals surface area contributed by atoms with Crippen molar-refractivity contribution in [1.82, 2.24) is 20.2 Å². The summed E-state index contributed by atoms with van der Waals surface area (Å²) in [6.45, 7) is 1.77. The Balaban J connectivity index is 2.02. The lowest BCUT2D eigenvalue weighted by Gasteiger charge is -2.09. The predicted octanol–water partition coefficient (Wildman–Crippen LogP) is 2.91. The predicted molar refractivity (Wildman–Crippen MR) is 90.2 cm³/mol. The molecule has 3 rings (SSSR count). The summed E-state index contributed by atoms with van der Waals surface area (Å²) in [5.41, 5.74) is 0.330. The average molecular weight is 365 g/mol. The van der Waals surface area contributed by atoms with Gasteiger partial charge in [-0.2, -0.15) is 10.2 Å². The highest BCUT2D eigenvalue weighted by atomic mass is 19.1. The fourth-order valence-corrected chi connectivity index (χ4v) is 2.08. The maximum atomic E-state index is 13.5. The fourth-order valence-electron chi connectivity index (χ4n) is 2.08. The van der Waals surface area contributed by atoms with E-state index in [1.165, 1.54) is 36.5 Å². The summed E-state index contributed by atoms with van der Waals surface area (Å²) >= 11 is 0. The molecule has 27 heavy (non-hydrogen) atoms. The first-order valence-electron chi connectivity index (χ1n) is 7.82. The monoisotopic (exact) mass is 365 g/mol. The number of carbonyl (C=O) groups excluding carboxylic acids is 1. The number of nitriles is 1. The van der Waals surface area contributed by atoms with Crippen molar-refractivity contribution in [1.29, 1.82) is 5.26 Å². The van der Waals surface area contributed by atoms with Gasteiger partial charge >= 0.3 is 5.97 Å². The van der Waals surface area contributed by atoms with Crippen molar-refractivity contribution >= 4 is 5.97 Å². The summed E-state index contributed by atoms with van der Waals surface area (Å²) in [5, 5.41) is 16.5. The van der Waals surface area contributed by atoms with Gasteiger partial charge in [-0.25, -0.2) is 14.2 Å². The fraction of sp³-hybridized carbons (Fsp3) is 0.111. The molecule has 0 amide bonds. The first kappa shape index (κ1) is 17.9. The van der Waals surface area contributed by atoms with E-state index in [4.69, 9.17) is 14.7 Å². The number of hydrogen-bond acceptors (Lipinski definition) is 8. The molecule has 0 saturated carbocycles. The van der Waals surface area contributed by atoms with Gasteiger partial charge < -0.3 is 9.47 Å². The summed E-state index contributed by atoms with van der Waals surface area (Å²) in [5.74, 6) is -1.11. The third-order valence-corrected chi connectivity index (χ3v) is 3.27. The summed E-state index contributed by atoms with van der Waals surface area (Å²) in [6.07, 6.45) is 1.30. The van der Waals surface area contributed by atoms with Crippen LogP contribution in [0.5, 0.6) is 11.6 Å². The molecule has 0 unspecified atom stereocenters. The summed E-state index contributed by atoms with van der Waals surface area (Å²) in [4.78, 5) is 20.1. The lowest BCUT2D eigenvalue weighted by atomic mass is 10.2. The van der Waals surface area contributed by atoms with Crippen LogP contribution in [0.4, 0.5) is 4.39 Å². The van der Waals surface area contributed by atoms with E-state index in [0.29, 0.717) is 5.56 Å². The maximum absolute atomic E-state index is 13.5. The van der Waals surface area contributed by atoms with E-state index in [1.807, 2.05) is 6.07 Å². The topological polar surface area (TPSA) is 111 Å². The molecule has 9 heteroatoms. The van der Waals surface area contributed by atoms with E-state index < -0.39 is 11.8 Å². The Kier molecular flexibility index (Phi) is 5.28. The molecule has 0 radical (unpaired) electrons. The van der Waals surface area contributed by atoms with E-state index in [0.717, 1.165) is 0 Å². The molecule has 0 saturated heterocycles. The number of halogens is 1. The summed E-state index contributed by atoms with van der Waals surface area (Å²) < 4.78 is 24.0. The lowest BCUT2D eigenvalue weighted by molar-refractivity contribution is 0.0514. The highest BCUT2D eigenvalue weighted by Crippen LogP contribution is 2.25. The molecule has 8 nitrogen and oxygen atoms in total. The van der Waals surface area contributed by atoms with E-state index in [1.54, 1.807) is 13.0 Å². The van der Waals surface area contributed by atoms with Crippen LogP contribution in [0.15, 0.2) is 42.6 Å². The van der Waals surface area contributed by atoms with Crippen LogP contribution in [0, 0.1) is 17.1 Å². The van der Waals surface area contributed by atoms with Crippen LogP contribution in [0.3, 0.4) is 0 Å². The second-order valence-corrected chi connectivity index (χ2v) is 5.11. The van der Waals surface area contributed by atoms with Gasteiger partial charge in [-0.15, -0.1) is 10.2 Å². The van der Waals surface area contributed by atoms with Gasteiger partial charge in [0.2, 0.25) is 5.69 Å². The van der Waals surface area contributed by atoms with Crippen LogP contribution in [0.1, 0.15) is 23.1 Å². The van der Waals surface area contributed by atoms with Crippen LogP contribution in [-0.4, -0.2) is 32.7 Å². The quantitative estimate of drug-likeness (QED) is 0.635. The molecule has 134 valence electrons. The molecule has 0 bridgehead atoms. The number of rotatable bonds is 5. The normalized spacial score (nSPS) is 10.1. The van der Waals surface area contributed by atoms with E-state index >= 15 is 0 Å². The summed E-state index contributed by atoms with van der Waals surface area (Å²) in [6, 6.07) is 10.4. The van der Waals surface area contributed by atoms with Crippen molar-refractivity contribution in [3.63, 3.8) is 0 Å². The van der Waals surface area contributed by atoms with Gasteiger partial charge in [0.25, 0.3) is 5.88 Å². The Labute approximate surface area is 153 Å². The Morgan fingerprint density at radius 2 is 2.11 bits per heavy atom. The second kappa shape index (κ2) is 7.97. The highest BCUT2D eigenvalue weighted by molar-refractivity contribution is 5.89. The molecule has 1 aromatic carbocycles. The van der Waals surface area contributed by atoms with Gasteiger partial charge in [-0.05, 0) is 31.2 Å². The van der Waals surface area contributed by atoms with Crippen molar-refractivity contribution in [2.24, 2.45) is 0 Å². The lowest BCUT2D eigenvalue weighted by Crippen LogP contribution is -2.12. The number of pyridine rings is 1. The highest BCUT2D eigenvalue weighted by Gasteiger charge is 2.21. The van der Waals surface area contributed by atoms with E-state index in [2.05, 4.69) is 20.2 Å². The van der Waals surface area contributed by atoms with Gasteiger partial charge in [0.15, 0.2) is 5.82 Å². The Bertz CT molecular complexity index is 1020. The number of esters is 1. The molecule has 0 N–H and O–H groups in total. The molecule has 2 heterocycles. The standard InChI is InChI=1S/C18H12FN5O3/c1-2-26-18(25)15-17(27-14-7-6-13(9-20)21-10-14)22-16(24-23-15)11-4-3-5-12(19)8-11/h3-8,10H,2H2,1H3. The van der Waals surface area contributed by atoms with Crippen LogP contribution in [-0.2, 0) is 4.74 Å². The van der Waals surface area contributed by atoms with Gasteiger partial charge in [-0.3, -0.25) is 0 Å². The van der Waals surface area contributed by atoms with E-state index in [9.17, 15) is 9.18 Å². The van der Waals surface area contributed by atoms with Crippen molar-refractivity contribution in [3.05, 3.63) is 59.8 Å². The molecular formula is C18H12FN5O3. The number of hydrogen-bond donors (Lipinski definition) is 0. The maximum Gasteiger partial charge on any atom is 0.364 e. The van der Waals surface area contributed by atoms with Gasteiger partial charge in [0, 0.05) is 5.56 Å². The van der Waals surface area contributed by atoms with Gasteiger partial charge in [0.1, 0.15) is 23.3 Å². The molecule has 0 spiro atoms. The Morgan fingerprint density at radius 3 is 2.78 bits per heavy atom. The zero-order valence-electron chi connectivity index (χ0n) is 14.1. The minimum absolute atomic E-state index is 0.0687. The average Bonchev–Trinajstić information content (AvgIpc) is 2.68. The number of aromatic nitrogens is 4. The minimum Gasteiger partial charge on any atom is -0.461 e. The second-order valence-electron chi connectivity index (χ2n) is 5.11. The van der Waals surface area contributed by atoms with Crippen molar-refractivity contribution < 1.29 is 18.7 Å². The first-order chi connectivity index (χ1) is 13.1. The van der Waals surface area contributed by atoms with Gasteiger partial charge in [0.05, 0.1) is 12.8 Å². The van der Waals surface area contributed by atoms with Crippen LogP contribution in [0.2, 0.25) is 0 Å². The van der Waals surface area contributed by atoms with Crippen molar-refractivity contribution in [3.8, 4) is 29.1 Å². The van der Waals surface area contributed by atoms with Crippen molar-refractivity contribution in [2.75, 3.05) is 6.61 Å². The van der Waals surface area contributed by atoms with Crippen LogP contribution >= 0.6 is 0 Å². The third kappa shape index (κ3) is 4.19. The zero-order chi connectivity index (χ0) is 19.2. The van der Waals surface area contributed by atoms with Crippen LogP contribution in [0.25, 0.3) is 11.4 Å². The molecule has 0 aliphatic rings. The number of ether oxygens (including phenoxy) is 2. The molecule has 2 aromatic heterocycles. The SMILES string of the molecule is CCOC(=O)c1nnc(-c2cccc(F)c2)nc1Oc1ccc(C#N)nc1. The molecule has 0 aliphatic carbocycles. The Morgan fingerprint density at radius 1 is 1.26 bits per heavy atom. The first-order valence-corrected chi connectivity index (χ1v) is 7.82. The summed E-state index contributed by atoms with van der Waals surface area (Å²) in [7, 11) is 0. The number of carbonyl (C=O) groups is 1. The minimum atomic E-state index is -0.764. The number of nitrogens with zero attached hydrogens (tertiary/aromatic N) is 5.